The lowest BCUT2D eigenvalue weighted by Crippen LogP contribution is -2.70. The molecule has 0 saturated carbocycles. The number of carbonyl (C=O) groups is 1. The molecule has 3 nitrogen and oxygen atoms in total. The Labute approximate surface area is 157 Å². The molecule has 1 heterocycles. The molecule has 1 fully saturated rings. The van der Waals surface area contributed by atoms with Gasteiger partial charge in [-0.1, -0.05) is 62.3 Å². The molecule has 1 rings (SSSR count). The highest BCUT2D eigenvalue weighted by atomic mass is 16.1. The summed E-state index contributed by atoms with van der Waals surface area (Å²) in [6, 6.07) is 0.748. The Kier molecular flexibility index (Phi) is 6.17. The number of hydrogen-bond donors (Lipinski definition) is 1. The summed E-state index contributed by atoms with van der Waals surface area (Å²) in [5.74, 6) is 0.206. The highest BCUT2D eigenvalue weighted by Crippen LogP contribution is 2.44. The standard InChI is InChI=1S/C22H44N2O/c1-19(2,3)15-13-14-16(25)23-17(20(4,5)6)18(21(7,8)9)24(15)22(10,11)12/h15,17-18H,13-14H2,1-12H3,(H,23,25). The Morgan fingerprint density at radius 3 is 1.60 bits per heavy atom. The molecule has 1 aliphatic heterocycles. The molecule has 25 heavy (non-hydrogen) atoms. The van der Waals surface area contributed by atoms with Gasteiger partial charge in [-0.15, -0.1) is 0 Å². The zero-order valence-corrected chi connectivity index (χ0v) is 19.0. The summed E-state index contributed by atoms with van der Waals surface area (Å²) in [5.41, 5.74) is 0.203. The van der Waals surface area contributed by atoms with E-state index in [0.717, 1.165) is 6.42 Å². The molecule has 148 valence electrons. The van der Waals surface area contributed by atoms with E-state index in [2.05, 4.69) is 93.3 Å². The fourth-order valence-electron chi connectivity index (χ4n) is 4.43. The van der Waals surface area contributed by atoms with Gasteiger partial charge in [0.15, 0.2) is 0 Å². The number of rotatable bonds is 0. The number of nitrogens with one attached hydrogen (secondary N) is 1. The van der Waals surface area contributed by atoms with Crippen LogP contribution in [0.25, 0.3) is 0 Å². The zero-order chi connectivity index (χ0) is 20.0. The van der Waals surface area contributed by atoms with Gasteiger partial charge in [-0.05, 0) is 43.4 Å². The minimum absolute atomic E-state index is 0.00309. The molecule has 0 bridgehead atoms. The van der Waals surface area contributed by atoms with Crippen molar-refractivity contribution in [2.45, 2.75) is 120 Å². The van der Waals surface area contributed by atoms with E-state index in [1.807, 2.05) is 0 Å². The van der Waals surface area contributed by atoms with Gasteiger partial charge >= 0.3 is 0 Å². The van der Waals surface area contributed by atoms with Gasteiger partial charge in [-0.3, -0.25) is 9.69 Å². The third kappa shape index (κ3) is 5.45. The normalized spacial score (nSPS) is 28.3. The molecule has 0 radical (unpaired) electrons. The van der Waals surface area contributed by atoms with Gasteiger partial charge in [0.05, 0.1) is 0 Å². The quantitative estimate of drug-likeness (QED) is 0.646. The highest BCUT2D eigenvalue weighted by molar-refractivity contribution is 5.76. The van der Waals surface area contributed by atoms with Crippen molar-refractivity contribution in [3.63, 3.8) is 0 Å². The summed E-state index contributed by atoms with van der Waals surface area (Å²) in [7, 11) is 0. The molecule has 3 unspecified atom stereocenters. The van der Waals surface area contributed by atoms with Gasteiger partial charge in [-0.2, -0.15) is 0 Å². The smallest absolute Gasteiger partial charge is 0.220 e. The fourth-order valence-corrected chi connectivity index (χ4v) is 4.43. The third-order valence-corrected chi connectivity index (χ3v) is 5.51. The first-order chi connectivity index (χ1) is 10.9. The largest absolute Gasteiger partial charge is 0.351 e. The second-order valence-electron chi connectivity index (χ2n) is 12.2. The van der Waals surface area contributed by atoms with E-state index in [4.69, 9.17) is 0 Å². The summed E-state index contributed by atoms with van der Waals surface area (Å²) in [6.45, 7) is 27.7. The first-order valence-electron chi connectivity index (χ1n) is 9.94. The molecule has 0 aromatic rings. The van der Waals surface area contributed by atoms with E-state index >= 15 is 0 Å². The first kappa shape index (κ1) is 22.5. The maximum absolute atomic E-state index is 12.7. The van der Waals surface area contributed by atoms with Crippen LogP contribution in [0.15, 0.2) is 0 Å². The average Bonchev–Trinajstić information content (AvgIpc) is 2.26. The van der Waals surface area contributed by atoms with Crippen LogP contribution in [0.3, 0.4) is 0 Å². The van der Waals surface area contributed by atoms with Crippen LogP contribution in [0.2, 0.25) is 0 Å². The van der Waals surface area contributed by atoms with Crippen molar-refractivity contribution in [1.82, 2.24) is 10.2 Å². The zero-order valence-electron chi connectivity index (χ0n) is 19.0. The number of amides is 1. The van der Waals surface area contributed by atoms with Crippen LogP contribution in [0.4, 0.5) is 0 Å². The molecule has 0 aliphatic carbocycles. The van der Waals surface area contributed by atoms with Crippen LogP contribution in [-0.4, -0.2) is 34.5 Å². The Morgan fingerprint density at radius 1 is 0.800 bits per heavy atom. The summed E-state index contributed by atoms with van der Waals surface area (Å²) < 4.78 is 0. The topological polar surface area (TPSA) is 32.3 Å². The van der Waals surface area contributed by atoms with Crippen LogP contribution in [0, 0.1) is 16.2 Å². The van der Waals surface area contributed by atoms with Crippen LogP contribution in [0.1, 0.15) is 95.9 Å². The van der Waals surface area contributed by atoms with Crippen LogP contribution in [0.5, 0.6) is 0 Å². The van der Waals surface area contributed by atoms with Crippen molar-refractivity contribution in [2.75, 3.05) is 0 Å². The molecule has 3 heteroatoms. The van der Waals surface area contributed by atoms with Crippen molar-refractivity contribution in [2.24, 2.45) is 16.2 Å². The molecule has 1 amide bonds. The predicted molar refractivity (Wildman–Crippen MR) is 109 cm³/mol. The molecule has 1 aliphatic rings. The molecule has 0 aromatic carbocycles. The molecular weight excluding hydrogens is 308 g/mol. The number of carbonyl (C=O) groups excluding carboxylic acids is 1. The minimum Gasteiger partial charge on any atom is -0.351 e. The van der Waals surface area contributed by atoms with Gasteiger partial charge in [0.25, 0.3) is 0 Å². The van der Waals surface area contributed by atoms with E-state index in [-0.39, 0.29) is 39.8 Å². The number of nitrogens with zero attached hydrogens (tertiary/aromatic N) is 1. The average molecular weight is 353 g/mol. The Morgan fingerprint density at radius 2 is 1.28 bits per heavy atom. The Hall–Kier alpha value is -0.570. The maximum atomic E-state index is 12.7. The van der Waals surface area contributed by atoms with Gasteiger partial charge < -0.3 is 5.32 Å². The maximum Gasteiger partial charge on any atom is 0.220 e. The van der Waals surface area contributed by atoms with E-state index in [1.165, 1.54) is 0 Å². The monoisotopic (exact) mass is 352 g/mol. The summed E-state index contributed by atoms with van der Waals surface area (Å²) >= 11 is 0. The lowest BCUT2D eigenvalue weighted by atomic mass is 9.68. The Balaban J connectivity index is 3.67. The molecular formula is C22H44N2O. The van der Waals surface area contributed by atoms with Gasteiger partial charge in [0, 0.05) is 30.1 Å². The van der Waals surface area contributed by atoms with Crippen molar-refractivity contribution in [3.8, 4) is 0 Å². The summed E-state index contributed by atoms with van der Waals surface area (Å²) in [6.07, 6.45) is 1.52. The van der Waals surface area contributed by atoms with Crippen molar-refractivity contribution in [1.29, 1.82) is 0 Å². The third-order valence-electron chi connectivity index (χ3n) is 5.51. The van der Waals surface area contributed by atoms with Crippen LogP contribution < -0.4 is 5.32 Å². The lowest BCUT2D eigenvalue weighted by molar-refractivity contribution is -0.133. The van der Waals surface area contributed by atoms with Crippen molar-refractivity contribution < 1.29 is 4.79 Å². The van der Waals surface area contributed by atoms with E-state index < -0.39 is 0 Å². The minimum atomic E-state index is -0.00309. The van der Waals surface area contributed by atoms with Crippen molar-refractivity contribution in [3.05, 3.63) is 0 Å². The summed E-state index contributed by atoms with van der Waals surface area (Å²) in [5, 5.41) is 3.41. The SMILES string of the molecule is CC(C)(C)C1NC(=O)CCC(C(C)(C)C)N(C(C)(C)C)C1C(C)(C)C. The molecule has 3 atom stereocenters. The van der Waals surface area contributed by atoms with Gasteiger partial charge in [-0.25, -0.2) is 0 Å². The highest BCUT2D eigenvalue weighted by Gasteiger charge is 2.51. The fraction of sp³-hybridized carbons (Fsp3) is 0.955. The first-order valence-corrected chi connectivity index (χ1v) is 9.94. The lowest BCUT2D eigenvalue weighted by Gasteiger charge is -2.59. The van der Waals surface area contributed by atoms with Crippen molar-refractivity contribution >= 4 is 5.91 Å². The molecule has 0 aromatic heterocycles. The van der Waals surface area contributed by atoms with Crippen LogP contribution >= 0.6 is 0 Å². The second-order valence-corrected chi connectivity index (χ2v) is 12.2. The second kappa shape index (κ2) is 6.87. The van der Waals surface area contributed by atoms with E-state index in [0.29, 0.717) is 12.5 Å². The Bertz CT molecular complexity index is 468. The van der Waals surface area contributed by atoms with E-state index in [1.54, 1.807) is 0 Å². The molecule has 1 saturated heterocycles. The summed E-state index contributed by atoms with van der Waals surface area (Å²) in [4.78, 5) is 15.4. The molecule has 0 spiro atoms. The van der Waals surface area contributed by atoms with Gasteiger partial charge in [0.2, 0.25) is 5.91 Å². The van der Waals surface area contributed by atoms with Crippen LogP contribution in [-0.2, 0) is 4.79 Å². The molecule has 1 N–H and O–H groups in total. The van der Waals surface area contributed by atoms with E-state index in [9.17, 15) is 4.79 Å². The predicted octanol–water partition coefficient (Wildman–Crippen LogP) is 5.24. The van der Waals surface area contributed by atoms with Gasteiger partial charge in [0.1, 0.15) is 0 Å². The number of hydrogen-bond acceptors (Lipinski definition) is 2.